The normalized spacial score (nSPS) is 14.1. The molecular weight excluding hydrogens is 276 g/mol. The Kier molecular flexibility index (Phi) is 5.19. The molecule has 0 aliphatic heterocycles. The molecule has 0 aromatic carbocycles. The van der Waals surface area contributed by atoms with Crippen molar-refractivity contribution in [2.45, 2.75) is 57.8 Å². The van der Waals surface area contributed by atoms with E-state index in [4.69, 9.17) is 15.4 Å². The monoisotopic (exact) mass is 294 g/mol. The van der Waals surface area contributed by atoms with Crippen molar-refractivity contribution in [1.82, 2.24) is 9.78 Å². The van der Waals surface area contributed by atoms with Crippen LogP contribution in [0.4, 0.5) is 0 Å². The van der Waals surface area contributed by atoms with Gasteiger partial charge >= 0.3 is 0 Å². The van der Waals surface area contributed by atoms with Gasteiger partial charge in [0.2, 0.25) is 0 Å². The first-order valence-corrected chi connectivity index (χ1v) is 8.21. The summed E-state index contributed by atoms with van der Waals surface area (Å²) in [5.74, 6) is 0. The summed E-state index contributed by atoms with van der Waals surface area (Å²) in [6.07, 6.45) is 2.36. The first-order valence-electron chi connectivity index (χ1n) is 5.90. The van der Waals surface area contributed by atoms with Gasteiger partial charge in [-0.05, 0) is 27.2 Å². The van der Waals surface area contributed by atoms with Gasteiger partial charge < -0.3 is 4.74 Å². The van der Waals surface area contributed by atoms with Crippen LogP contribution in [-0.2, 0) is 20.4 Å². The van der Waals surface area contributed by atoms with E-state index >= 15 is 0 Å². The van der Waals surface area contributed by atoms with Crippen LogP contribution in [0.3, 0.4) is 0 Å². The van der Waals surface area contributed by atoms with E-state index in [1.54, 1.807) is 4.68 Å². The van der Waals surface area contributed by atoms with Crippen molar-refractivity contribution < 1.29 is 13.2 Å². The van der Waals surface area contributed by atoms with Crippen LogP contribution < -0.4 is 0 Å². The highest BCUT2D eigenvalue weighted by Crippen LogP contribution is 2.22. The van der Waals surface area contributed by atoms with Crippen LogP contribution in [0.15, 0.2) is 11.1 Å². The number of hydrogen-bond acceptors (Lipinski definition) is 4. The molecule has 0 spiro atoms. The van der Waals surface area contributed by atoms with Gasteiger partial charge in [0.25, 0.3) is 9.05 Å². The number of aromatic nitrogens is 2. The highest BCUT2D eigenvalue weighted by Gasteiger charge is 2.21. The zero-order valence-electron chi connectivity index (χ0n) is 11.1. The average molecular weight is 295 g/mol. The Morgan fingerprint density at radius 3 is 2.50 bits per heavy atom. The topological polar surface area (TPSA) is 61.2 Å². The molecule has 18 heavy (non-hydrogen) atoms. The first kappa shape index (κ1) is 15.5. The van der Waals surface area contributed by atoms with E-state index in [2.05, 4.69) is 5.10 Å². The lowest BCUT2D eigenvalue weighted by Gasteiger charge is -2.09. The molecule has 0 saturated heterocycles. The van der Waals surface area contributed by atoms with Crippen molar-refractivity contribution >= 4 is 19.7 Å². The first-order chi connectivity index (χ1) is 8.25. The molecule has 7 heteroatoms. The summed E-state index contributed by atoms with van der Waals surface area (Å²) < 4.78 is 30.0. The predicted molar refractivity (Wildman–Crippen MR) is 70.2 cm³/mol. The molecule has 0 unspecified atom stereocenters. The van der Waals surface area contributed by atoms with Gasteiger partial charge in [0, 0.05) is 22.9 Å². The van der Waals surface area contributed by atoms with Crippen molar-refractivity contribution in [3.05, 3.63) is 11.9 Å². The fraction of sp³-hybridized carbons (Fsp3) is 0.727. The van der Waals surface area contributed by atoms with Gasteiger partial charge in [0.05, 0.1) is 12.7 Å². The molecule has 1 aromatic rings. The van der Waals surface area contributed by atoms with Crippen molar-refractivity contribution in [3.63, 3.8) is 0 Å². The van der Waals surface area contributed by atoms with Crippen molar-refractivity contribution in [2.24, 2.45) is 0 Å². The van der Waals surface area contributed by atoms with Crippen LogP contribution in [-0.4, -0.2) is 24.3 Å². The summed E-state index contributed by atoms with van der Waals surface area (Å²) in [5.41, 5.74) is 0.360. The summed E-state index contributed by atoms with van der Waals surface area (Å²) in [7, 11) is 1.60. The summed E-state index contributed by atoms with van der Waals surface area (Å²) >= 11 is 0. The fourth-order valence-electron chi connectivity index (χ4n) is 1.32. The fourth-order valence-corrected chi connectivity index (χ4v) is 2.32. The molecule has 0 saturated carbocycles. The minimum absolute atomic E-state index is 0.0289. The lowest BCUT2D eigenvalue weighted by atomic mass is 10.3. The molecule has 0 radical (unpaired) electrons. The molecule has 104 valence electrons. The van der Waals surface area contributed by atoms with Crippen molar-refractivity contribution in [1.29, 1.82) is 0 Å². The molecule has 1 aromatic heterocycles. The van der Waals surface area contributed by atoms with E-state index in [0.717, 1.165) is 6.42 Å². The lowest BCUT2D eigenvalue weighted by molar-refractivity contribution is 0.0473. The van der Waals surface area contributed by atoms with Gasteiger partial charge in [-0.1, -0.05) is 6.92 Å². The van der Waals surface area contributed by atoms with Gasteiger partial charge in [-0.25, -0.2) is 8.42 Å². The maximum atomic E-state index is 11.5. The average Bonchev–Trinajstić information content (AvgIpc) is 2.69. The molecule has 0 aliphatic rings. The predicted octanol–water partition coefficient (Wildman–Crippen LogP) is 2.71. The van der Waals surface area contributed by atoms with Gasteiger partial charge in [-0.3, -0.25) is 4.68 Å². The molecule has 0 bridgehead atoms. The third-order valence-electron chi connectivity index (χ3n) is 2.64. The third-order valence-corrected chi connectivity index (χ3v) is 4.01. The second-order valence-electron chi connectivity index (χ2n) is 4.48. The summed E-state index contributed by atoms with van der Waals surface area (Å²) in [4.78, 5) is 0.0289. The van der Waals surface area contributed by atoms with Gasteiger partial charge in [0.1, 0.15) is 10.6 Å². The Hall–Kier alpha value is -0.590. The smallest absolute Gasteiger partial charge is 0.264 e. The molecule has 1 rings (SSSR count). The Bertz CT molecular complexity index is 496. The SMILES string of the molecule is CC[C@@H](C)OCc1nn(C(C)C)cc1S(=O)(=O)Cl. The minimum atomic E-state index is -3.79. The maximum Gasteiger partial charge on any atom is 0.264 e. The van der Waals surface area contributed by atoms with E-state index in [1.165, 1.54) is 6.20 Å². The summed E-state index contributed by atoms with van der Waals surface area (Å²) in [6.45, 7) is 7.90. The number of ether oxygens (including phenoxy) is 1. The molecule has 0 amide bonds. The molecule has 0 aliphatic carbocycles. The lowest BCUT2D eigenvalue weighted by Crippen LogP contribution is -2.08. The number of rotatable bonds is 6. The van der Waals surface area contributed by atoms with Crippen LogP contribution in [0.2, 0.25) is 0 Å². The highest BCUT2D eigenvalue weighted by atomic mass is 35.7. The van der Waals surface area contributed by atoms with Gasteiger partial charge in [-0.2, -0.15) is 5.10 Å². The zero-order chi connectivity index (χ0) is 13.9. The number of nitrogens with zero attached hydrogens (tertiary/aromatic N) is 2. The zero-order valence-corrected chi connectivity index (χ0v) is 12.6. The van der Waals surface area contributed by atoms with E-state index < -0.39 is 9.05 Å². The molecule has 1 heterocycles. The van der Waals surface area contributed by atoms with Gasteiger partial charge in [0.15, 0.2) is 0 Å². The minimum Gasteiger partial charge on any atom is -0.372 e. The Balaban J connectivity index is 3.01. The van der Waals surface area contributed by atoms with Crippen LogP contribution in [0, 0.1) is 0 Å². The number of halogens is 1. The molecule has 0 fully saturated rings. The van der Waals surface area contributed by atoms with E-state index in [1.807, 2.05) is 27.7 Å². The van der Waals surface area contributed by atoms with Crippen LogP contribution in [0.1, 0.15) is 45.9 Å². The molecule has 0 N–H and O–H groups in total. The molecular formula is C11H19ClN2O3S. The third kappa shape index (κ3) is 3.96. The van der Waals surface area contributed by atoms with Crippen molar-refractivity contribution in [3.8, 4) is 0 Å². The second-order valence-corrected chi connectivity index (χ2v) is 7.02. The van der Waals surface area contributed by atoms with Crippen molar-refractivity contribution in [2.75, 3.05) is 0 Å². The summed E-state index contributed by atoms with van der Waals surface area (Å²) in [5, 5.41) is 4.21. The van der Waals surface area contributed by atoms with E-state index in [0.29, 0.717) is 5.69 Å². The van der Waals surface area contributed by atoms with E-state index in [-0.39, 0.29) is 23.6 Å². The molecule has 5 nitrogen and oxygen atoms in total. The molecule has 1 atom stereocenters. The number of hydrogen-bond donors (Lipinski definition) is 0. The van der Waals surface area contributed by atoms with Gasteiger partial charge in [-0.15, -0.1) is 0 Å². The largest absolute Gasteiger partial charge is 0.372 e. The quantitative estimate of drug-likeness (QED) is 0.757. The highest BCUT2D eigenvalue weighted by molar-refractivity contribution is 8.13. The summed E-state index contributed by atoms with van der Waals surface area (Å²) in [6, 6.07) is 0.0690. The van der Waals surface area contributed by atoms with Crippen LogP contribution >= 0.6 is 10.7 Å². The standard InChI is InChI=1S/C11H19ClN2O3S/c1-5-9(4)17-7-10-11(18(12,15)16)6-14(13-10)8(2)3/h6,8-9H,5,7H2,1-4H3/t9-/m1/s1. The Morgan fingerprint density at radius 1 is 1.44 bits per heavy atom. The Morgan fingerprint density at radius 2 is 2.06 bits per heavy atom. The maximum absolute atomic E-state index is 11.5. The van der Waals surface area contributed by atoms with Crippen LogP contribution in [0.5, 0.6) is 0 Å². The second kappa shape index (κ2) is 6.04. The van der Waals surface area contributed by atoms with E-state index in [9.17, 15) is 8.42 Å². The Labute approximate surface area is 113 Å². The van der Waals surface area contributed by atoms with Crippen LogP contribution in [0.25, 0.3) is 0 Å².